The van der Waals surface area contributed by atoms with Gasteiger partial charge < -0.3 is 9.64 Å². The molecule has 0 saturated heterocycles. The highest BCUT2D eigenvalue weighted by atomic mass is 16.5. The highest BCUT2D eigenvalue weighted by Gasteiger charge is 2.29. The molecule has 1 amide bonds. The highest BCUT2D eigenvalue weighted by molar-refractivity contribution is 6.10. The number of ether oxygens (including phenoxy) is 1. The maximum atomic E-state index is 12.4. The molecule has 0 spiro atoms. The fourth-order valence-electron chi connectivity index (χ4n) is 2.41. The van der Waals surface area contributed by atoms with Crippen LogP contribution in [0, 0.1) is 0 Å². The minimum Gasteiger partial charge on any atom is -0.479 e. The lowest BCUT2D eigenvalue weighted by atomic mass is 10.0. The maximum absolute atomic E-state index is 12.4. The Hall–Kier alpha value is -2.62. The zero-order valence-corrected chi connectivity index (χ0v) is 11.9. The topological polar surface area (TPSA) is 46.6 Å². The molecule has 1 heterocycles. The Kier molecular flexibility index (Phi) is 3.22. The summed E-state index contributed by atoms with van der Waals surface area (Å²) >= 11 is 0. The van der Waals surface area contributed by atoms with Gasteiger partial charge in [0.2, 0.25) is 0 Å². The molecule has 3 rings (SSSR count). The second-order valence-electron chi connectivity index (χ2n) is 5.03. The summed E-state index contributed by atoms with van der Waals surface area (Å²) in [6, 6.07) is 14.2. The molecule has 106 valence electrons. The van der Waals surface area contributed by atoms with E-state index in [1.807, 2.05) is 18.2 Å². The second-order valence-corrected chi connectivity index (χ2v) is 5.03. The lowest BCUT2D eigenvalue weighted by molar-refractivity contribution is -0.125. The molecule has 0 N–H and O–H groups in total. The van der Waals surface area contributed by atoms with Crippen LogP contribution in [0.3, 0.4) is 0 Å². The van der Waals surface area contributed by atoms with Crippen LogP contribution in [0.1, 0.15) is 22.8 Å². The van der Waals surface area contributed by atoms with Gasteiger partial charge in [-0.1, -0.05) is 30.3 Å². The van der Waals surface area contributed by atoms with E-state index in [0.29, 0.717) is 22.6 Å². The van der Waals surface area contributed by atoms with Gasteiger partial charge in [0.25, 0.3) is 5.91 Å². The van der Waals surface area contributed by atoms with Crippen molar-refractivity contribution in [2.24, 2.45) is 0 Å². The Balaban J connectivity index is 2.00. The van der Waals surface area contributed by atoms with Crippen LogP contribution < -0.4 is 9.64 Å². The number of amides is 1. The molecular weight excluding hydrogens is 266 g/mol. The van der Waals surface area contributed by atoms with Gasteiger partial charge >= 0.3 is 0 Å². The predicted octanol–water partition coefficient (Wildman–Crippen LogP) is 2.66. The molecule has 1 aliphatic heterocycles. The van der Waals surface area contributed by atoms with Crippen LogP contribution in [0.25, 0.3) is 0 Å². The number of hydrogen-bond acceptors (Lipinski definition) is 3. The number of fused-ring (bicyclic) bond motifs is 1. The number of rotatable bonds is 2. The van der Waals surface area contributed by atoms with Crippen molar-refractivity contribution in [1.29, 1.82) is 0 Å². The SMILES string of the molecule is C[C@@H]1Oc2ccc(C(=O)c3ccccc3)cc2N(C)C1=O. The Bertz CT molecular complexity index is 709. The Labute approximate surface area is 123 Å². The molecular formula is C17H15NO3. The monoisotopic (exact) mass is 281 g/mol. The molecule has 0 unspecified atom stereocenters. The van der Waals surface area contributed by atoms with Gasteiger partial charge in [-0.3, -0.25) is 9.59 Å². The molecule has 0 bridgehead atoms. The number of carbonyl (C=O) groups excluding carboxylic acids is 2. The summed E-state index contributed by atoms with van der Waals surface area (Å²) in [5.41, 5.74) is 1.79. The van der Waals surface area contributed by atoms with E-state index in [-0.39, 0.29) is 11.7 Å². The minimum absolute atomic E-state index is 0.0714. The van der Waals surface area contributed by atoms with E-state index in [4.69, 9.17) is 4.74 Å². The van der Waals surface area contributed by atoms with Crippen LogP contribution in [-0.2, 0) is 4.79 Å². The molecule has 2 aromatic carbocycles. The van der Waals surface area contributed by atoms with Gasteiger partial charge in [0.15, 0.2) is 11.9 Å². The number of hydrogen-bond donors (Lipinski definition) is 0. The zero-order valence-electron chi connectivity index (χ0n) is 11.9. The Morgan fingerprint density at radius 3 is 2.52 bits per heavy atom. The molecule has 21 heavy (non-hydrogen) atoms. The third-order valence-corrected chi connectivity index (χ3v) is 3.60. The lowest BCUT2D eigenvalue weighted by Gasteiger charge is -2.30. The van der Waals surface area contributed by atoms with Crippen molar-refractivity contribution in [2.45, 2.75) is 13.0 Å². The molecule has 4 nitrogen and oxygen atoms in total. The summed E-state index contributed by atoms with van der Waals surface area (Å²) in [6.45, 7) is 1.71. The third kappa shape index (κ3) is 2.29. The van der Waals surface area contributed by atoms with E-state index in [1.54, 1.807) is 44.3 Å². The smallest absolute Gasteiger partial charge is 0.267 e. The fourth-order valence-corrected chi connectivity index (χ4v) is 2.41. The quantitative estimate of drug-likeness (QED) is 0.795. The number of benzene rings is 2. The van der Waals surface area contributed by atoms with Crippen molar-refractivity contribution in [3.8, 4) is 5.75 Å². The lowest BCUT2D eigenvalue weighted by Crippen LogP contribution is -2.42. The molecule has 0 saturated carbocycles. The van der Waals surface area contributed by atoms with Crippen LogP contribution in [-0.4, -0.2) is 24.8 Å². The van der Waals surface area contributed by atoms with E-state index in [0.717, 1.165) is 0 Å². The first-order valence-corrected chi connectivity index (χ1v) is 6.76. The van der Waals surface area contributed by atoms with E-state index in [1.165, 1.54) is 4.90 Å². The van der Waals surface area contributed by atoms with Gasteiger partial charge in [-0.05, 0) is 25.1 Å². The highest BCUT2D eigenvalue weighted by Crippen LogP contribution is 2.34. The summed E-state index contributed by atoms with van der Waals surface area (Å²) in [5, 5.41) is 0. The first kappa shape index (κ1) is 13.4. The van der Waals surface area contributed by atoms with Crippen molar-refractivity contribution in [1.82, 2.24) is 0 Å². The maximum Gasteiger partial charge on any atom is 0.267 e. The molecule has 2 aromatic rings. The number of ketones is 1. The molecule has 0 fully saturated rings. The van der Waals surface area contributed by atoms with Gasteiger partial charge in [-0.25, -0.2) is 0 Å². The zero-order chi connectivity index (χ0) is 15.0. The van der Waals surface area contributed by atoms with Gasteiger partial charge in [-0.2, -0.15) is 0 Å². The molecule has 0 aliphatic carbocycles. The minimum atomic E-state index is -0.502. The largest absolute Gasteiger partial charge is 0.479 e. The van der Waals surface area contributed by atoms with Crippen LogP contribution in [0.15, 0.2) is 48.5 Å². The molecule has 1 aliphatic rings. The van der Waals surface area contributed by atoms with Crippen molar-refractivity contribution in [2.75, 3.05) is 11.9 Å². The van der Waals surface area contributed by atoms with Gasteiger partial charge in [0, 0.05) is 18.2 Å². The summed E-state index contributed by atoms with van der Waals surface area (Å²) in [6.07, 6.45) is -0.502. The normalized spacial score (nSPS) is 17.1. The van der Waals surface area contributed by atoms with E-state index in [2.05, 4.69) is 0 Å². The fraction of sp³-hybridized carbons (Fsp3) is 0.176. The molecule has 0 radical (unpaired) electrons. The number of likely N-dealkylation sites (N-methyl/N-ethyl adjacent to an activating group) is 1. The summed E-state index contributed by atoms with van der Waals surface area (Å²) < 4.78 is 5.55. The van der Waals surface area contributed by atoms with Crippen LogP contribution in [0.4, 0.5) is 5.69 Å². The Morgan fingerprint density at radius 1 is 1.10 bits per heavy atom. The second kappa shape index (κ2) is 5.05. The molecule has 0 aromatic heterocycles. The van der Waals surface area contributed by atoms with Crippen molar-refractivity contribution < 1.29 is 14.3 Å². The average Bonchev–Trinajstić information content (AvgIpc) is 2.53. The summed E-state index contributed by atoms with van der Waals surface area (Å²) in [4.78, 5) is 25.9. The molecule has 4 heteroatoms. The van der Waals surface area contributed by atoms with Crippen LogP contribution in [0.5, 0.6) is 5.75 Å². The average molecular weight is 281 g/mol. The van der Waals surface area contributed by atoms with Gasteiger partial charge in [0.05, 0.1) is 5.69 Å². The van der Waals surface area contributed by atoms with Crippen LogP contribution in [0.2, 0.25) is 0 Å². The number of nitrogens with zero attached hydrogens (tertiary/aromatic N) is 1. The van der Waals surface area contributed by atoms with Crippen LogP contribution >= 0.6 is 0 Å². The number of carbonyl (C=O) groups is 2. The van der Waals surface area contributed by atoms with Crippen molar-refractivity contribution in [3.05, 3.63) is 59.7 Å². The van der Waals surface area contributed by atoms with Gasteiger partial charge in [-0.15, -0.1) is 0 Å². The van der Waals surface area contributed by atoms with Crippen molar-refractivity contribution in [3.63, 3.8) is 0 Å². The predicted molar refractivity (Wildman–Crippen MR) is 79.8 cm³/mol. The summed E-state index contributed by atoms with van der Waals surface area (Å²) in [7, 11) is 1.69. The standard InChI is InChI=1S/C17H15NO3/c1-11-17(20)18(2)14-10-13(8-9-15(14)21-11)16(19)12-6-4-3-5-7-12/h3-11H,1-2H3/t11-/m0/s1. The van der Waals surface area contributed by atoms with E-state index in [9.17, 15) is 9.59 Å². The molecule has 1 atom stereocenters. The van der Waals surface area contributed by atoms with E-state index < -0.39 is 6.10 Å². The first-order valence-electron chi connectivity index (χ1n) is 6.76. The van der Waals surface area contributed by atoms with Crippen molar-refractivity contribution >= 4 is 17.4 Å². The van der Waals surface area contributed by atoms with E-state index >= 15 is 0 Å². The summed E-state index contributed by atoms with van der Waals surface area (Å²) in [5.74, 6) is 0.430. The third-order valence-electron chi connectivity index (χ3n) is 3.60. The first-order chi connectivity index (χ1) is 10.1. The Morgan fingerprint density at radius 2 is 1.81 bits per heavy atom. The number of anilines is 1. The van der Waals surface area contributed by atoms with Gasteiger partial charge in [0.1, 0.15) is 5.75 Å².